The minimum atomic E-state index is -0.803. The zero-order chi connectivity index (χ0) is 12.7. The van der Waals surface area contributed by atoms with Crippen molar-refractivity contribution in [1.29, 1.82) is 0 Å². The van der Waals surface area contributed by atoms with Gasteiger partial charge in [-0.3, -0.25) is 4.68 Å². The summed E-state index contributed by atoms with van der Waals surface area (Å²) < 4.78 is 1.66. The molecule has 0 amide bonds. The van der Waals surface area contributed by atoms with Crippen LogP contribution in [0.4, 0.5) is 5.82 Å². The van der Waals surface area contributed by atoms with E-state index in [1.165, 1.54) is 6.33 Å². The van der Waals surface area contributed by atoms with Gasteiger partial charge >= 0.3 is 5.97 Å². The van der Waals surface area contributed by atoms with E-state index in [1.54, 1.807) is 17.9 Å². The number of rotatable bonds is 2. The van der Waals surface area contributed by atoms with Gasteiger partial charge in [0.15, 0.2) is 5.65 Å². The van der Waals surface area contributed by atoms with Gasteiger partial charge in [0, 0.05) is 13.6 Å². The Hall–Kier alpha value is -2.18. The number of hydrogen-bond donors (Lipinski definition) is 1. The first kappa shape index (κ1) is 10.9. The lowest BCUT2D eigenvalue weighted by atomic mass is 10.2. The van der Waals surface area contributed by atoms with Crippen LogP contribution in [0.1, 0.15) is 12.8 Å². The maximum atomic E-state index is 11.2. The smallest absolute Gasteiger partial charge is 0.326 e. The Balaban J connectivity index is 2.11. The molecule has 7 heteroatoms. The van der Waals surface area contributed by atoms with Crippen LogP contribution in [0.5, 0.6) is 0 Å². The van der Waals surface area contributed by atoms with Crippen molar-refractivity contribution in [2.75, 3.05) is 11.4 Å². The summed E-state index contributed by atoms with van der Waals surface area (Å²) in [6.07, 6.45) is 4.66. The molecule has 18 heavy (non-hydrogen) atoms. The number of aliphatic carboxylic acids is 1. The fourth-order valence-electron chi connectivity index (χ4n) is 2.46. The van der Waals surface area contributed by atoms with E-state index in [0.717, 1.165) is 17.5 Å². The molecule has 3 heterocycles. The van der Waals surface area contributed by atoms with E-state index in [0.29, 0.717) is 18.8 Å². The molecule has 1 N–H and O–H groups in total. The van der Waals surface area contributed by atoms with Gasteiger partial charge in [-0.25, -0.2) is 14.8 Å². The summed E-state index contributed by atoms with van der Waals surface area (Å²) >= 11 is 0. The van der Waals surface area contributed by atoms with E-state index in [9.17, 15) is 9.90 Å². The van der Waals surface area contributed by atoms with Gasteiger partial charge in [-0.05, 0) is 12.8 Å². The van der Waals surface area contributed by atoms with Gasteiger partial charge < -0.3 is 10.0 Å². The first-order valence-electron chi connectivity index (χ1n) is 5.80. The SMILES string of the molecule is Cn1ncc2c(N3CCC[C@@H]3C(=O)O)ncnc21. The lowest BCUT2D eigenvalue weighted by Crippen LogP contribution is -2.36. The summed E-state index contributed by atoms with van der Waals surface area (Å²) in [6, 6.07) is -0.497. The van der Waals surface area contributed by atoms with Crippen molar-refractivity contribution in [3.05, 3.63) is 12.5 Å². The molecular formula is C11H13N5O2. The Morgan fingerprint density at radius 2 is 2.33 bits per heavy atom. The third-order valence-corrected chi connectivity index (χ3v) is 3.32. The molecule has 0 spiro atoms. The van der Waals surface area contributed by atoms with Gasteiger partial charge in [0.2, 0.25) is 0 Å². The number of nitrogens with zero attached hydrogens (tertiary/aromatic N) is 5. The van der Waals surface area contributed by atoms with E-state index >= 15 is 0 Å². The number of hydrogen-bond acceptors (Lipinski definition) is 5. The topological polar surface area (TPSA) is 84.1 Å². The fourth-order valence-corrected chi connectivity index (χ4v) is 2.46. The molecule has 2 aromatic rings. The highest BCUT2D eigenvalue weighted by Gasteiger charge is 2.32. The standard InChI is InChI=1S/C11H13N5O2/c1-15-9-7(5-14-15)10(13-6-12-9)16-4-2-3-8(16)11(17)18/h5-6,8H,2-4H2,1H3,(H,17,18)/t8-/m1/s1. The predicted octanol–water partition coefficient (Wildman–Crippen LogP) is 0.417. The lowest BCUT2D eigenvalue weighted by molar-refractivity contribution is -0.138. The van der Waals surface area contributed by atoms with Crippen molar-refractivity contribution in [2.24, 2.45) is 7.05 Å². The Bertz CT molecular complexity index is 608. The second-order valence-electron chi connectivity index (χ2n) is 4.39. The minimum Gasteiger partial charge on any atom is -0.480 e. The van der Waals surface area contributed by atoms with E-state index in [2.05, 4.69) is 15.1 Å². The summed E-state index contributed by atoms with van der Waals surface area (Å²) in [4.78, 5) is 21.4. The van der Waals surface area contributed by atoms with Crippen molar-refractivity contribution in [2.45, 2.75) is 18.9 Å². The molecule has 0 aliphatic carbocycles. The second-order valence-corrected chi connectivity index (χ2v) is 4.39. The zero-order valence-corrected chi connectivity index (χ0v) is 9.94. The monoisotopic (exact) mass is 247 g/mol. The minimum absolute atomic E-state index is 0.497. The fraction of sp³-hybridized carbons (Fsp3) is 0.455. The lowest BCUT2D eigenvalue weighted by Gasteiger charge is -2.22. The number of aromatic nitrogens is 4. The summed E-state index contributed by atoms with van der Waals surface area (Å²) in [7, 11) is 1.80. The highest BCUT2D eigenvalue weighted by molar-refractivity contribution is 5.89. The Morgan fingerprint density at radius 3 is 3.11 bits per heavy atom. The molecular weight excluding hydrogens is 234 g/mol. The first-order valence-corrected chi connectivity index (χ1v) is 5.80. The number of carboxylic acids is 1. The average molecular weight is 247 g/mol. The van der Waals surface area contributed by atoms with Gasteiger partial charge in [-0.15, -0.1) is 0 Å². The van der Waals surface area contributed by atoms with E-state index in [1.807, 2.05) is 4.90 Å². The first-order chi connectivity index (χ1) is 8.68. The molecule has 1 saturated heterocycles. The highest BCUT2D eigenvalue weighted by Crippen LogP contribution is 2.29. The molecule has 1 aliphatic rings. The van der Waals surface area contributed by atoms with Gasteiger partial charge in [-0.2, -0.15) is 5.10 Å². The van der Waals surface area contributed by atoms with Crippen LogP contribution >= 0.6 is 0 Å². The summed E-state index contributed by atoms with van der Waals surface area (Å²) in [5.41, 5.74) is 0.719. The average Bonchev–Trinajstić information content (AvgIpc) is 2.96. The molecule has 7 nitrogen and oxygen atoms in total. The maximum absolute atomic E-state index is 11.2. The quantitative estimate of drug-likeness (QED) is 0.827. The van der Waals surface area contributed by atoms with Crippen LogP contribution < -0.4 is 4.90 Å². The molecule has 3 rings (SSSR count). The van der Waals surface area contributed by atoms with Crippen molar-refractivity contribution in [3.63, 3.8) is 0 Å². The van der Waals surface area contributed by atoms with Crippen LogP contribution in [0.15, 0.2) is 12.5 Å². The maximum Gasteiger partial charge on any atom is 0.326 e. The summed E-state index contributed by atoms with van der Waals surface area (Å²) in [5.74, 6) is -0.138. The van der Waals surface area contributed by atoms with Crippen molar-refractivity contribution in [3.8, 4) is 0 Å². The third-order valence-electron chi connectivity index (χ3n) is 3.32. The van der Waals surface area contributed by atoms with E-state index in [4.69, 9.17) is 0 Å². The van der Waals surface area contributed by atoms with Gasteiger partial charge in [0.05, 0.1) is 11.6 Å². The van der Waals surface area contributed by atoms with E-state index in [-0.39, 0.29) is 0 Å². The molecule has 1 fully saturated rings. The Kier molecular flexibility index (Phi) is 2.39. The summed E-state index contributed by atoms with van der Waals surface area (Å²) in [5, 5.41) is 14.2. The number of aryl methyl sites for hydroxylation is 1. The molecule has 1 aliphatic heterocycles. The predicted molar refractivity (Wildman–Crippen MR) is 64.3 cm³/mol. The van der Waals surface area contributed by atoms with Crippen LogP contribution in [0.3, 0.4) is 0 Å². The molecule has 0 aromatic carbocycles. The molecule has 0 bridgehead atoms. The van der Waals surface area contributed by atoms with Crippen LogP contribution in [-0.2, 0) is 11.8 Å². The molecule has 0 saturated carbocycles. The third kappa shape index (κ3) is 1.51. The second kappa shape index (κ2) is 3.94. The zero-order valence-electron chi connectivity index (χ0n) is 9.94. The van der Waals surface area contributed by atoms with Crippen LogP contribution in [0.2, 0.25) is 0 Å². The molecule has 0 unspecified atom stereocenters. The van der Waals surface area contributed by atoms with Crippen molar-refractivity contribution < 1.29 is 9.90 Å². The van der Waals surface area contributed by atoms with Crippen molar-refractivity contribution in [1.82, 2.24) is 19.7 Å². The number of anilines is 1. The van der Waals surface area contributed by atoms with Crippen LogP contribution in [-0.4, -0.2) is 43.4 Å². The Morgan fingerprint density at radius 1 is 1.50 bits per heavy atom. The van der Waals surface area contributed by atoms with Crippen molar-refractivity contribution >= 4 is 22.8 Å². The van der Waals surface area contributed by atoms with Gasteiger partial charge in [0.1, 0.15) is 18.2 Å². The number of carboxylic acid groups (broad SMARTS) is 1. The molecule has 0 radical (unpaired) electrons. The molecule has 2 aromatic heterocycles. The highest BCUT2D eigenvalue weighted by atomic mass is 16.4. The normalized spacial score (nSPS) is 19.6. The Labute approximate surface area is 103 Å². The molecule has 94 valence electrons. The molecule has 1 atom stereocenters. The van der Waals surface area contributed by atoms with Crippen LogP contribution in [0, 0.1) is 0 Å². The largest absolute Gasteiger partial charge is 0.480 e. The van der Waals surface area contributed by atoms with Gasteiger partial charge in [0.25, 0.3) is 0 Å². The number of carbonyl (C=O) groups is 1. The van der Waals surface area contributed by atoms with Crippen LogP contribution in [0.25, 0.3) is 11.0 Å². The van der Waals surface area contributed by atoms with E-state index < -0.39 is 12.0 Å². The number of fused-ring (bicyclic) bond motifs is 1. The summed E-state index contributed by atoms with van der Waals surface area (Å²) in [6.45, 7) is 0.706. The van der Waals surface area contributed by atoms with Gasteiger partial charge in [-0.1, -0.05) is 0 Å².